The van der Waals surface area contributed by atoms with E-state index < -0.39 is 11.4 Å². The monoisotopic (exact) mass is 425 g/mol. The highest BCUT2D eigenvalue weighted by atomic mass is 19.1. The van der Waals surface area contributed by atoms with Gasteiger partial charge in [-0.1, -0.05) is 20.8 Å². The lowest BCUT2D eigenvalue weighted by Gasteiger charge is -2.39. The van der Waals surface area contributed by atoms with Crippen LogP contribution in [0.25, 0.3) is 10.9 Å². The van der Waals surface area contributed by atoms with Crippen LogP contribution in [0.15, 0.2) is 6.20 Å². The van der Waals surface area contributed by atoms with Crippen LogP contribution in [0.2, 0.25) is 6.32 Å². The van der Waals surface area contributed by atoms with Gasteiger partial charge in [0, 0.05) is 30.6 Å². The largest absolute Gasteiger partial charge is 0.463 e. The zero-order chi connectivity index (χ0) is 22.6. The van der Waals surface area contributed by atoms with Gasteiger partial charge in [-0.05, 0) is 38.4 Å². The number of halogens is 1. The van der Waals surface area contributed by atoms with Crippen LogP contribution in [0.1, 0.15) is 46.2 Å². The van der Waals surface area contributed by atoms with Crippen LogP contribution in [0.5, 0.6) is 6.01 Å². The highest BCUT2D eigenvalue weighted by Crippen LogP contribution is 2.65. The van der Waals surface area contributed by atoms with Crippen LogP contribution in [0.3, 0.4) is 0 Å². The molecule has 164 valence electrons. The second kappa shape index (κ2) is 7.30. The third-order valence-electron chi connectivity index (χ3n) is 7.20. The van der Waals surface area contributed by atoms with E-state index in [2.05, 4.69) is 41.7 Å². The van der Waals surface area contributed by atoms with E-state index in [1.54, 1.807) is 20.0 Å². The SMILES string of the molecule is CCC1(COc2nc(N3CB(C#N)CC(C)(O)C3)c3cnc(C)c(F)c3n2)CC1(C)C. The maximum Gasteiger partial charge on any atom is 0.319 e. The minimum atomic E-state index is -1.06. The summed E-state index contributed by atoms with van der Waals surface area (Å²) in [5.74, 6) is 2.17. The van der Waals surface area contributed by atoms with E-state index in [-0.39, 0.29) is 41.3 Å². The lowest BCUT2D eigenvalue weighted by atomic mass is 9.44. The Balaban J connectivity index is 1.75. The average Bonchev–Trinajstić information content (AvgIpc) is 3.28. The summed E-state index contributed by atoms with van der Waals surface area (Å²) in [5, 5.41) is 20.6. The number of aryl methyl sites for hydroxylation is 1. The van der Waals surface area contributed by atoms with Crippen LogP contribution < -0.4 is 9.64 Å². The van der Waals surface area contributed by atoms with E-state index in [0.717, 1.165) is 12.8 Å². The summed E-state index contributed by atoms with van der Waals surface area (Å²) < 4.78 is 21.0. The van der Waals surface area contributed by atoms with Crippen molar-refractivity contribution in [2.75, 3.05) is 24.5 Å². The number of fused-ring (bicyclic) bond motifs is 1. The Morgan fingerprint density at radius 1 is 1.35 bits per heavy atom. The first-order valence-corrected chi connectivity index (χ1v) is 10.8. The normalized spacial score (nSPS) is 27.3. The molecular formula is C22H29BFN5O2. The predicted octanol–water partition coefficient (Wildman–Crippen LogP) is 3.35. The fourth-order valence-corrected chi connectivity index (χ4v) is 5.02. The summed E-state index contributed by atoms with van der Waals surface area (Å²) in [5.41, 5.74) is -0.404. The molecule has 31 heavy (non-hydrogen) atoms. The Morgan fingerprint density at radius 3 is 2.68 bits per heavy atom. The lowest BCUT2D eigenvalue weighted by molar-refractivity contribution is 0.0833. The molecule has 4 rings (SSSR count). The van der Waals surface area contributed by atoms with Crippen molar-refractivity contribution in [2.24, 2.45) is 10.8 Å². The predicted molar refractivity (Wildman–Crippen MR) is 118 cm³/mol. The van der Waals surface area contributed by atoms with Crippen molar-refractivity contribution in [3.05, 3.63) is 17.7 Å². The molecule has 0 bridgehead atoms. The molecular weight excluding hydrogens is 396 g/mol. The van der Waals surface area contributed by atoms with Gasteiger partial charge in [0.2, 0.25) is 0 Å². The van der Waals surface area contributed by atoms with E-state index >= 15 is 0 Å². The molecule has 0 aromatic carbocycles. The average molecular weight is 425 g/mol. The van der Waals surface area contributed by atoms with Gasteiger partial charge in [0.25, 0.3) is 6.71 Å². The van der Waals surface area contributed by atoms with E-state index in [0.29, 0.717) is 30.6 Å². The first kappa shape index (κ1) is 21.8. The third-order valence-corrected chi connectivity index (χ3v) is 7.20. The molecule has 2 atom stereocenters. The minimum absolute atomic E-state index is 0.0683. The van der Waals surface area contributed by atoms with Gasteiger partial charge in [-0.3, -0.25) is 4.98 Å². The van der Waals surface area contributed by atoms with Gasteiger partial charge in [-0.15, -0.1) is 0 Å². The topological polar surface area (TPSA) is 95.2 Å². The fourth-order valence-electron chi connectivity index (χ4n) is 5.02. The molecule has 0 amide bonds. The van der Waals surface area contributed by atoms with E-state index in [1.165, 1.54) is 0 Å². The quantitative estimate of drug-likeness (QED) is 0.734. The maximum absolute atomic E-state index is 15.0. The number of nitrogens with zero attached hydrogens (tertiary/aromatic N) is 5. The molecule has 2 aliphatic rings. The van der Waals surface area contributed by atoms with E-state index in [1.807, 2.05) is 4.90 Å². The molecule has 1 saturated carbocycles. The highest BCUT2D eigenvalue weighted by molar-refractivity contribution is 6.68. The van der Waals surface area contributed by atoms with Crippen molar-refractivity contribution in [3.63, 3.8) is 0 Å². The summed E-state index contributed by atoms with van der Waals surface area (Å²) in [4.78, 5) is 15.0. The number of aromatic nitrogens is 3. The Morgan fingerprint density at radius 2 is 2.06 bits per heavy atom. The summed E-state index contributed by atoms with van der Waals surface area (Å²) >= 11 is 0. The lowest BCUT2D eigenvalue weighted by Crippen LogP contribution is -2.53. The number of ether oxygens (including phenoxy) is 1. The van der Waals surface area contributed by atoms with Crippen molar-refractivity contribution >= 4 is 23.4 Å². The zero-order valence-electron chi connectivity index (χ0n) is 18.9. The fraction of sp³-hybridized carbons (Fsp3) is 0.636. The number of hydrogen-bond acceptors (Lipinski definition) is 7. The van der Waals surface area contributed by atoms with Gasteiger partial charge in [-0.25, -0.2) is 9.65 Å². The second-order valence-electron chi connectivity index (χ2n) is 10.1. The standard InChI is InChI=1S/C22H29BFN5O2/c1-6-22(8-20(22,3)4)11-31-19-27-17-15(7-26-14(2)16(17)24)18(28-19)29-10-21(5,30)9-23(12-25)13-29/h7,30H,6,8-11,13H2,1-5H3. The van der Waals surface area contributed by atoms with Gasteiger partial charge in [0.1, 0.15) is 11.3 Å². The number of aliphatic hydroxyl groups is 1. The van der Waals surface area contributed by atoms with Crippen molar-refractivity contribution in [3.8, 4) is 12.0 Å². The first-order valence-electron chi connectivity index (χ1n) is 10.8. The van der Waals surface area contributed by atoms with Gasteiger partial charge in [0.15, 0.2) is 5.82 Å². The molecule has 1 aliphatic heterocycles. The highest BCUT2D eigenvalue weighted by Gasteiger charge is 2.60. The van der Waals surface area contributed by atoms with Crippen molar-refractivity contribution in [2.45, 2.75) is 59.4 Å². The van der Waals surface area contributed by atoms with Crippen LogP contribution in [0, 0.1) is 34.8 Å². The number of hydrogen-bond donors (Lipinski definition) is 1. The van der Waals surface area contributed by atoms with Gasteiger partial charge in [-0.2, -0.15) is 9.97 Å². The van der Waals surface area contributed by atoms with E-state index in [9.17, 15) is 14.8 Å². The number of pyridine rings is 1. The van der Waals surface area contributed by atoms with Crippen molar-refractivity contribution < 1.29 is 14.2 Å². The third kappa shape index (κ3) is 3.82. The van der Waals surface area contributed by atoms with Gasteiger partial charge in [0.05, 0.1) is 23.3 Å². The molecule has 0 spiro atoms. The molecule has 1 aliphatic carbocycles. The summed E-state index contributed by atoms with van der Waals surface area (Å²) in [6, 6.07) is 0.112. The molecule has 7 nitrogen and oxygen atoms in total. The van der Waals surface area contributed by atoms with Crippen molar-refractivity contribution in [1.82, 2.24) is 15.0 Å². The second-order valence-corrected chi connectivity index (χ2v) is 10.1. The molecule has 1 N–H and O–H groups in total. The smallest absolute Gasteiger partial charge is 0.319 e. The van der Waals surface area contributed by atoms with Crippen LogP contribution in [0.4, 0.5) is 10.2 Å². The van der Waals surface area contributed by atoms with Crippen LogP contribution in [-0.2, 0) is 0 Å². The maximum atomic E-state index is 15.0. The number of anilines is 1. The Bertz CT molecular complexity index is 1070. The number of β-amino-alcohol motifs (C(OH)–C–C–N with tert-alkyl or cyclic N) is 1. The number of nitriles is 1. The molecule has 2 aromatic rings. The van der Waals surface area contributed by atoms with Crippen LogP contribution in [-0.4, -0.2) is 52.0 Å². The molecule has 1 saturated heterocycles. The van der Waals surface area contributed by atoms with E-state index in [4.69, 9.17) is 4.74 Å². The zero-order valence-corrected chi connectivity index (χ0v) is 18.9. The Kier molecular flexibility index (Phi) is 5.12. The molecule has 2 fully saturated rings. The summed E-state index contributed by atoms with van der Waals surface area (Å²) in [6.45, 7) is 10.3. The Labute approximate surface area is 182 Å². The molecule has 2 aromatic heterocycles. The molecule has 0 radical (unpaired) electrons. The number of rotatable bonds is 5. The minimum Gasteiger partial charge on any atom is -0.463 e. The molecule has 3 heterocycles. The van der Waals surface area contributed by atoms with Crippen molar-refractivity contribution in [1.29, 1.82) is 5.26 Å². The summed E-state index contributed by atoms with van der Waals surface area (Å²) in [7, 11) is 0. The van der Waals surface area contributed by atoms with Gasteiger partial charge < -0.3 is 14.7 Å². The van der Waals surface area contributed by atoms with Crippen LogP contribution >= 0.6 is 0 Å². The first-order chi connectivity index (χ1) is 14.5. The van der Waals surface area contributed by atoms with Gasteiger partial charge >= 0.3 is 6.01 Å². The Hall–Kier alpha value is -2.47. The molecule has 9 heteroatoms. The molecule has 2 unspecified atom stereocenters. The summed E-state index contributed by atoms with van der Waals surface area (Å²) in [6.07, 6.45) is 4.37.